The first-order chi connectivity index (χ1) is 10.2. The smallest absolute Gasteiger partial charge is 0.246 e. The highest BCUT2D eigenvalue weighted by atomic mass is 16.3. The maximum absolute atomic E-state index is 12.7. The van der Waals surface area contributed by atoms with Crippen LogP contribution in [0.15, 0.2) is 27.9 Å². The summed E-state index contributed by atoms with van der Waals surface area (Å²) >= 11 is 0. The van der Waals surface area contributed by atoms with Crippen molar-refractivity contribution in [1.29, 1.82) is 0 Å². The van der Waals surface area contributed by atoms with Crippen LogP contribution < -0.4 is 5.43 Å². The molecule has 1 heterocycles. The number of furan rings is 1. The Bertz CT molecular complexity index is 533. The van der Waals surface area contributed by atoms with Crippen molar-refractivity contribution in [1.82, 2.24) is 5.43 Å². The van der Waals surface area contributed by atoms with Crippen LogP contribution in [0.3, 0.4) is 0 Å². The van der Waals surface area contributed by atoms with Crippen molar-refractivity contribution < 1.29 is 9.21 Å². The van der Waals surface area contributed by atoms with E-state index in [2.05, 4.69) is 10.5 Å². The Morgan fingerprint density at radius 3 is 2.62 bits per heavy atom. The lowest BCUT2D eigenvalue weighted by Gasteiger charge is -2.46. The van der Waals surface area contributed by atoms with Gasteiger partial charge in [-0.3, -0.25) is 4.79 Å². The van der Waals surface area contributed by atoms with E-state index in [1.54, 1.807) is 12.5 Å². The lowest BCUT2D eigenvalue weighted by Crippen LogP contribution is -2.47. The monoisotopic (exact) mass is 286 g/mol. The summed E-state index contributed by atoms with van der Waals surface area (Å²) in [5, 5.41) is 4.08. The van der Waals surface area contributed by atoms with Gasteiger partial charge in [-0.2, -0.15) is 5.10 Å². The van der Waals surface area contributed by atoms with Gasteiger partial charge >= 0.3 is 0 Å². The van der Waals surface area contributed by atoms with Crippen molar-refractivity contribution in [2.75, 3.05) is 0 Å². The summed E-state index contributed by atoms with van der Waals surface area (Å²) in [5.41, 5.74) is 2.63. The SMILES string of the molecule is O=C(N/N=C\c1ccco1)C12CC3C[C@@H](CC[C@@H](C3)C1)C2. The van der Waals surface area contributed by atoms with Gasteiger partial charge in [-0.25, -0.2) is 5.43 Å². The number of carbonyl (C=O) groups excluding carboxylic acids is 1. The summed E-state index contributed by atoms with van der Waals surface area (Å²) in [6.45, 7) is 0. The number of hydrogen-bond donors (Lipinski definition) is 1. The van der Waals surface area contributed by atoms with Crippen molar-refractivity contribution in [3.8, 4) is 0 Å². The van der Waals surface area contributed by atoms with Crippen LogP contribution in [0.2, 0.25) is 0 Å². The third kappa shape index (κ3) is 2.41. The van der Waals surface area contributed by atoms with Gasteiger partial charge in [-0.1, -0.05) is 12.8 Å². The molecule has 112 valence electrons. The molecule has 4 saturated carbocycles. The van der Waals surface area contributed by atoms with Crippen molar-refractivity contribution in [3.63, 3.8) is 0 Å². The molecule has 4 fully saturated rings. The molecule has 5 rings (SSSR count). The normalized spacial score (nSPS) is 37.8. The second-order valence-corrected chi connectivity index (χ2v) is 7.25. The fraction of sp³-hybridized carbons (Fsp3) is 0.647. The van der Waals surface area contributed by atoms with E-state index in [0.29, 0.717) is 5.76 Å². The Hall–Kier alpha value is -1.58. The highest BCUT2D eigenvalue weighted by Crippen LogP contribution is 2.57. The second kappa shape index (κ2) is 5.00. The Morgan fingerprint density at radius 2 is 1.95 bits per heavy atom. The molecule has 0 aromatic carbocycles. The zero-order valence-corrected chi connectivity index (χ0v) is 12.3. The van der Waals surface area contributed by atoms with Crippen LogP contribution in [0.5, 0.6) is 0 Å². The Morgan fingerprint density at radius 1 is 1.24 bits per heavy atom. The number of hydrazone groups is 1. The highest BCUT2D eigenvalue weighted by Gasteiger charge is 2.52. The average molecular weight is 286 g/mol. The molecular weight excluding hydrogens is 264 g/mol. The molecule has 0 aliphatic heterocycles. The van der Waals surface area contributed by atoms with Gasteiger partial charge in [0.25, 0.3) is 0 Å². The summed E-state index contributed by atoms with van der Waals surface area (Å²) in [6, 6.07) is 3.64. The van der Waals surface area contributed by atoms with Gasteiger partial charge in [-0.15, -0.1) is 0 Å². The maximum Gasteiger partial charge on any atom is 0.246 e. The molecule has 4 bridgehead atoms. The number of rotatable bonds is 3. The number of amides is 1. The predicted molar refractivity (Wildman–Crippen MR) is 79.7 cm³/mol. The molecule has 2 unspecified atom stereocenters. The Kier molecular flexibility index (Phi) is 3.12. The molecule has 4 nitrogen and oxygen atoms in total. The first kappa shape index (κ1) is 13.1. The number of nitrogens with zero attached hydrogens (tertiary/aromatic N) is 1. The fourth-order valence-electron chi connectivity index (χ4n) is 5.11. The summed E-state index contributed by atoms with van der Waals surface area (Å²) in [4.78, 5) is 12.7. The van der Waals surface area contributed by atoms with Crippen molar-refractivity contribution in [3.05, 3.63) is 24.2 Å². The van der Waals surface area contributed by atoms with E-state index in [-0.39, 0.29) is 11.3 Å². The molecule has 1 N–H and O–H groups in total. The average Bonchev–Trinajstić information content (AvgIpc) is 2.88. The zero-order chi connectivity index (χ0) is 14.3. The summed E-state index contributed by atoms with van der Waals surface area (Å²) in [5.74, 6) is 3.08. The number of nitrogens with one attached hydrogen (secondary N) is 1. The molecule has 0 radical (unpaired) electrons. The van der Waals surface area contributed by atoms with Gasteiger partial charge in [0.1, 0.15) is 5.76 Å². The van der Waals surface area contributed by atoms with E-state index in [1.165, 1.54) is 25.7 Å². The van der Waals surface area contributed by atoms with E-state index in [1.807, 2.05) is 12.1 Å². The van der Waals surface area contributed by atoms with Gasteiger partial charge in [0.2, 0.25) is 5.91 Å². The van der Waals surface area contributed by atoms with Gasteiger partial charge in [0, 0.05) is 0 Å². The largest absolute Gasteiger partial charge is 0.463 e. The van der Waals surface area contributed by atoms with Crippen LogP contribution in [0.25, 0.3) is 0 Å². The van der Waals surface area contributed by atoms with Crippen molar-refractivity contribution in [2.45, 2.75) is 44.9 Å². The minimum absolute atomic E-state index is 0.131. The number of hydrogen-bond acceptors (Lipinski definition) is 3. The first-order valence-electron chi connectivity index (χ1n) is 8.10. The Labute approximate surface area is 125 Å². The third-order valence-electron chi connectivity index (χ3n) is 5.74. The molecule has 1 amide bonds. The number of fused-ring (bicyclic) bond motifs is 1. The molecule has 0 saturated heterocycles. The summed E-state index contributed by atoms with van der Waals surface area (Å²) in [7, 11) is 0. The lowest BCUT2D eigenvalue weighted by molar-refractivity contribution is -0.138. The standard InChI is InChI=1S/C17H22N2O2/c20-16(19-18-11-15-2-1-5-21-15)17-8-12-3-4-13(9-17)7-14(6-12)10-17/h1-2,5,11-14H,3-4,6-10H2,(H,19,20)/b18-11-/t12-,13+,14?,17?. The van der Waals surface area contributed by atoms with Crippen LogP contribution in [-0.4, -0.2) is 12.1 Å². The van der Waals surface area contributed by atoms with Gasteiger partial charge in [0.15, 0.2) is 0 Å². The number of carbonyl (C=O) groups is 1. The molecule has 4 aliphatic rings. The second-order valence-electron chi connectivity index (χ2n) is 7.25. The molecule has 4 atom stereocenters. The van der Waals surface area contributed by atoms with E-state index >= 15 is 0 Å². The molecule has 4 aliphatic carbocycles. The fourth-order valence-corrected chi connectivity index (χ4v) is 5.11. The molecule has 4 heteroatoms. The third-order valence-corrected chi connectivity index (χ3v) is 5.74. The first-order valence-corrected chi connectivity index (χ1v) is 8.10. The summed E-state index contributed by atoms with van der Waals surface area (Å²) in [6.07, 6.45) is 11.7. The molecule has 1 aromatic rings. The van der Waals surface area contributed by atoms with E-state index in [0.717, 1.165) is 37.0 Å². The summed E-state index contributed by atoms with van der Waals surface area (Å²) < 4.78 is 5.18. The zero-order valence-electron chi connectivity index (χ0n) is 12.3. The molecule has 1 aromatic heterocycles. The van der Waals surface area contributed by atoms with Crippen LogP contribution >= 0.6 is 0 Å². The van der Waals surface area contributed by atoms with Gasteiger partial charge in [-0.05, 0) is 62.0 Å². The van der Waals surface area contributed by atoms with Gasteiger partial charge < -0.3 is 4.42 Å². The predicted octanol–water partition coefficient (Wildman–Crippen LogP) is 3.34. The molecule has 0 spiro atoms. The van der Waals surface area contributed by atoms with E-state index in [4.69, 9.17) is 4.42 Å². The van der Waals surface area contributed by atoms with Crippen LogP contribution in [0.1, 0.15) is 50.7 Å². The van der Waals surface area contributed by atoms with E-state index < -0.39 is 0 Å². The van der Waals surface area contributed by atoms with E-state index in [9.17, 15) is 4.79 Å². The van der Waals surface area contributed by atoms with Crippen molar-refractivity contribution in [2.24, 2.45) is 28.3 Å². The van der Waals surface area contributed by atoms with Crippen LogP contribution in [0.4, 0.5) is 0 Å². The lowest BCUT2D eigenvalue weighted by atomic mass is 9.58. The van der Waals surface area contributed by atoms with Gasteiger partial charge in [0.05, 0.1) is 17.9 Å². The maximum atomic E-state index is 12.7. The molecular formula is C17H22N2O2. The van der Waals surface area contributed by atoms with Crippen LogP contribution in [-0.2, 0) is 4.79 Å². The van der Waals surface area contributed by atoms with Crippen LogP contribution in [0, 0.1) is 23.2 Å². The quantitative estimate of drug-likeness (QED) is 0.684. The minimum Gasteiger partial charge on any atom is -0.463 e. The topological polar surface area (TPSA) is 54.6 Å². The Balaban J connectivity index is 1.48. The molecule has 21 heavy (non-hydrogen) atoms. The highest BCUT2D eigenvalue weighted by molar-refractivity contribution is 5.84. The van der Waals surface area contributed by atoms with Crippen molar-refractivity contribution >= 4 is 12.1 Å². The minimum atomic E-state index is -0.145.